The van der Waals surface area contributed by atoms with E-state index in [1.807, 2.05) is 27.3 Å². The van der Waals surface area contributed by atoms with Gasteiger partial charge in [-0.3, -0.25) is 14.5 Å². The van der Waals surface area contributed by atoms with Crippen LogP contribution in [0, 0.1) is 0 Å². The third-order valence-electron chi connectivity index (χ3n) is 6.03. The van der Waals surface area contributed by atoms with Gasteiger partial charge in [-0.1, -0.05) is 24.1 Å². The summed E-state index contributed by atoms with van der Waals surface area (Å²) in [5, 5.41) is 5.99. The molecule has 0 radical (unpaired) electrons. The Kier molecular flexibility index (Phi) is 7.69. The highest BCUT2D eigenvalue weighted by Gasteiger charge is 2.24. The lowest BCUT2D eigenvalue weighted by atomic mass is 10.2. The maximum atomic E-state index is 12.6. The molecule has 0 unspecified atom stereocenters. The van der Waals surface area contributed by atoms with Gasteiger partial charge in [0.1, 0.15) is 0 Å². The van der Waals surface area contributed by atoms with Crippen molar-refractivity contribution in [2.24, 2.45) is 0 Å². The molecular weight excluding hydrogens is 414 g/mol. The lowest BCUT2D eigenvalue weighted by Gasteiger charge is -2.35. The van der Waals surface area contributed by atoms with E-state index in [1.165, 1.54) is 12.8 Å². The van der Waals surface area contributed by atoms with Crippen LogP contribution in [0.2, 0.25) is 0 Å². The third-order valence-corrected chi connectivity index (χ3v) is 6.90. The van der Waals surface area contributed by atoms with Crippen LogP contribution in [0.25, 0.3) is 10.7 Å². The van der Waals surface area contributed by atoms with Crippen LogP contribution in [0.3, 0.4) is 0 Å². The second-order valence-electron chi connectivity index (χ2n) is 8.29. The van der Waals surface area contributed by atoms with Gasteiger partial charge in [0, 0.05) is 52.1 Å². The van der Waals surface area contributed by atoms with Crippen molar-refractivity contribution in [1.29, 1.82) is 0 Å². The van der Waals surface area contributed by atoms with Gasteiger partial charge in [0.05, 0.1) is 11.4 Å². The molecule has 2 saturated heterocycles. The molecule has 9 heteroatoms. The van der Waals surface area contributed by atoms with E-state index in [4.69, 9.17) is 4.52 Å². The summed E-state index contributed by atoms with van der Waals surface area (Å²) in [6.07, 6.45) is 6.47. The zero-order chi connectivity index (χ0) is 21.5. The maximum Gasteiger partial charge on any atom is 0.236 e. The summed E-state index contributed by atoms with van der Waals surface area (Å²) in [6.45, 7) is 5.17. The third kappa shape index (κ3) is 6.13. The summed E-state index contributed by atoms with van der Waals surface area (Å²) in [5.41, 5.74) is 0. The molecule has 0 aliphatic carbocycles. The Morgan fingerprint density at radius 2 is 1.71 bits per heavy atom. The maximum absolute atomic E-state index is 12.6. The van der Waals surface area contributed by atoms with Gasteiger partial charge in [-0.05, 0) is 30.7 Å². The van der Waals surface area contributed by atoms with Gasteiger partial charge in [-0.15, -0.1) is 11.3 Å². The van der Waals surface area contributed by atoms with Crippen molar-refractivity contribution in [2.45, 2.75) is 44.9 Å². The number of aryl methyl sites for hydroxylation is 1. The fourth-order valence-corrected chi connectivity index (χ4v) is 4.83. The Balaban J connectivity index is 1.14. The summed E-state index contributed by atoms with van der Waals surface area (Å²) in [7, 11) is 0. The first-order chi connectivity index (χ1) is 15.2. The monoisotopic (exact) mass is 445 g/mol. The van der Waals surface area contributed by atoms with Crippen LogP contribution < -0.4 is 0 Å². The van der Waals surface area contributed by atoms with Crippen molar-refractivity contribution in [3.05, 3.63) is 23.4 Å². The largest absolute Gasteiger partial charge is 0.342 e. The normalized spacial score (nSPS) is 18.2. The molecule has 2 aromatic rings. The van der Waals surface area contributed by atoms with Crippen molar-refractivity contribution < 1.29 is 14.1 Å². The van der Waals surface area contributed by atoms with Gasteiger partial charge in [0.15, 0.2) is 0 Å². The van der Waals surface area contributed by atoms with E-state index in [1.54, 1.807) is 11.3 Å². The van der Waals surface area contributed by atoms with Gasteiger partial charge >= 0.3 is 0 Å². The molecular formula is C22H31N5O3S. The number of rotatable bonds is 7. The Morgan fingerprint density at radius 1 is 0.968 bits per heavy atom. The molecule has 2 amide bonds. The minimum atomic E-state index is 0.163. The number of piperazine rings is 1. The van der Waals surface area contributed by atoms with Gasteiger partial charge in [0.25, 0.3) is 0 Å². The predicted molar refractivity (Wildman–Crippen MR) is 119 cm³/mol. The first-order valence-corrected chi connectivity index (χ1v) is 12.2. The first-order valence-electron chi connectivity index (χ1n) is 11.3. The zero-order valence-electron chi connectivity index (χ0n) is 18.0. The fourth-order valence-electron chi connectivity index (χ4n) is 4.18. The van der Waals surface area contributed by atoms with Crippen LogP contribution in [0.1, 0.15) is 44.4 Å². The molecule has 168 valence electrons. The minimum absolute atomic E-state index is 0.163. The molecule has 4 rings (SSSR count). The number of thiophene rings is 1. The Bertz CT molecular complexity index is 837. The van der Waals surface area contributed by atoms with Crippen LogP contribution in [0.5, 0.6) is 0 Å². The Labute approximate surface area is 187 Å². The summed E-state index contributed by atoms with van der Waals surface area (Å²) >= 11 is 1.58. The van der Waals surface area contributed by atoms with E-state index in [2.05, 4.69) is 15.0 Å². The number of carbonyl (C=O) groups is 2. The SMILES string of the molecule is O=C(CCCc1nc(-c2cccs2)no1)N1CCN(CC(=O)N2CCCCCC2)CC1. The average molecular weight is 446 g/mol. The van der Waals surface area contributed by atoms with Crippen LogP contribution >= 0.6 is 11.3 Å². The average Bonchev–Trinajstić information content (AvgIpc) is 3.40. The van der Waals surface area contributed by atoms with E-state index >= 15 is 0 Å². The minimum Gasteiger partial charge on any atom is -0.342 e. The molecule has 8 nitrogen and oxygen atoms in total. The van der Waals surface area contributed by atoms with Gasteiger partial charge in [0.2, 0.25) is 23.5 Å². The quantitative estimate of drug-likeness (QED) is 0.652. The molecule has 2 aromatic heterocycles. The van der Waals surface area contributed by atoms with E-state index in [9.17, 15) is 9.59 Å². The van der Waals surface area contributed by atoms with Crippen LogP contribution in [0.4, 0.5) is 0 Å². The molecule has 2 fully saturated rings. The Morgan fingerprint density at radius 3 is 2.42 bits per heavy atom. The predicted octanol–water partition coefficient (Wildman–Crippen LogP) is 2.67. The Hall–Kier alpha value is -2.26. The molecule has 2 aliphatic rings. The topological polar surface area (TPSA) is 82.8 Å². The number of hydrogen-bond donors (Lipinski definition) is 0. The second kappa shape index (κ2) is 10.9. The van der Waals surface area contributed by atoms with Crippen molar-refractivity contribution in [2.75, 3.05) is 45.8 Å². The second-order valence-corrected chi connectivity index (χ2v) is 9.24. The molecule has 0 aromatic carbocycles. The first kappa shape index (κ1) is 22.0. The summed E-state index contributed by atoms with van der Waals surface area (Å²) in [5.74, 6) is 1.59. The molecule has 4 heterocycles. The van der Waals surface area contributed by atoms with Gasteiger partial charge in [-0.25, -0.2) is 0 Å². The van der Waals surface area contributed by atoms with Gasteiger partial charge in [-0.2, -0.15) is 4.98 Å². The smallest absolute Gasteiger partial charge is 0.236 e. The number of likely N-dealkylation sites (tertiary alicyclic amines) is 1. The van der Waals surface area contributed by atoms with Crippen LogP contribution in [0.15, 0.2) is 22.0 Å². The number of aromatic nitrogens is 2. The highest BCUT2D eigenvalue weighted by atomic mass is 32.1. The van der Waals surface area contributed by atoms with Crippen molar-refractivity contribution in [3.63, 3.8) is 0 Å². The summed E-state index contributed by atoms with van der Waals surface area (Å²) in [4.78, 5) is 36.6. The van der Waals surface area contributed by atoms with E-state index < -0.39 is 0 Å². The zero-order valence-corrected chi connectivity index (χ0v) is 18.8. The van der Waals surface area contributed by atoms with E-state index in [-0.39, 0.29) is 11.8 Å². The summed E-state index contributed by atoms with van der Waals surface area (Å²) in [6, 6.07) is 3.92. The fraction of sp³-hybridized carbons (Fsp3) is 0.636. The number of carbonyl (C=O) groups excluding carboxylic acids is 2. The summed E-state index contributed by atoms with van der Waals surface area (Å²) < 4.78 is 5.30. The lowest BCUT2D eigenvalue weighted by Crippen LogP contribution is -2.51. The molecule has 0 N–H and O–H groups in total. The van der Waals surface area contributed by atoms with Crippen molar-refractivity contribution >= 4 is 23.2 Å². The highest BCUT2D eigenvalue weighted by Crippen LogP contribution is 2.21. The molecule has 2 aliphatic heterocycles. The number of hydrogen-bond acceptors (Lipinski definition) is 7. The standard InChI is InChI=1S/C22H31N5O3S/c28-20(9-5-8-19-23-22(24-30-19)18-7-6-16-31-18)27-14-12-25(13-15-27)17-21(29)26-10-3-1-2-4-11-26/h6-7,16H,1-5,8-15,17H2. The van der Waals surface area contributed by atoms with E-state index in [0.717, 1.165) is 43.9 Å². The molecule has 31 heavy (non-hydrogen) atoms. The van der Waals surface area contributed by atoms with E-state index in [0.29, 0.717) is 50.6 Å². The molecule has 0 spiro atoms. The molecule has 0 bridgehead atoms. The van der Waals surface area contributed by atoms with Crippen LogP contribution in [-0.2, 0) is 16.0 Å². The van der Waals surface area contributed by atoms with Crippen LogP contribution in [-0.4, -0.2) is 82.5 Å². The molecule has 0 saturated carbocycles. The van der Waals surface area contributed by atoms with Crippen molar-refractivity contribution in [3.8, 4) is 10.7 Å². The lowest BCUT2D eigenvalue weighted by molar-refractivity contribution is -0.135. The number of nitrogens with zero attached hydrogens (tertiary/aromatic N) is 5. The number of amides is 2. The van der Waals surface area contributed by atoms with Crippen molar-refractivity contribution in [1.82, 2.24) is 24.8 Å². The molecule has 0 atom stereocenters. The van der Waals surface area contributed by atoms with Gasteiger partial charge < -0.3 is 14.3 Å². The highest BCUT2D eigenvalue weighted by molar-refractivity contribution is 7.13.